The molecule has 5 heteroatoms. The topological polar surface area (TPSA) is 53.5 Å². The fourth-order valence-corrected chi connectivity index (χ4v) is 2.39. The van der Waals surface area contributed by atoms with Crippen LogP contribution < -0.4 is 10.7 Å². The lowest BCUT2D eigenvalue weighted by atomic mass is 10.1. The Balaban J connectivity index is 1.89. The lowest BCUT2D eigenvalue weighted by Crippen LogP contribution is -2.27. The maximum atomic E-state index is 11.9. The number of carbonyl (C=O) groups is 1. The number of amides is 1. The number of halogens is 1. The third-order valence-corrected chi connectivity index (χ3v) is 3.96. The van der Waals surface area contributed by atoms with E-state index in [4.69, 9.17) is 0 Å². The van der Waals surface area contributed by atoms with Gasteiger partial charge in [-0.3, -0.25) is 4.79 Å². The molecule has 0 bridgehead atoms. The zero-order valence-corrected chi connectivity index (χ0v) is 15.1. The van der Waals surface area contributed by atoms with Gasteiger partial charge < -0.3 is 5.32 Å². The number of nitrogens with zero attached hydrogens (tertiary/aromatic N) is 1. The van der Waals surface area contributed by atoms with Crippen molar-refractivity contribution >= 4 is 33.2 Å². The fraction of sp³-hybridized carbons (Fsp3) is 0.222. The molecule has 2 rings (SSSR count). The van der Waals surface area contributed by atoms with Crippen molar-refractivity contribution in [3.8, 4) is 0 Å². The molecule has 0 aliphatic heterocycles. The molecule has 0 radical (unpaired) electrons. The van der Waals surface area contributed by atoms with Crippen LogP contribution in [0.3, 0.4) is 0 Å². The first-order valence-electron chi connectivity index (χ1n) is 7.36. The van der Waals surface area contributed by atoms with Crippen LogP contribution in [0.15, 0.2) is 52.0 Å². The highest BCUT2D eigenvalue weighted by molar-refractivity contribution is 9.10. The highest BCUT2D eigenvalue weighted by Gasteiger charge is 2.03. The molecule has 0 heterocycles. The van der Waals surface area contributed by atoms with E-state index >= 15 is 0 Å². The van der Waals surface area contributed by atoms with Gasteiger partial charge in [0.15, 0.2) is 0 Å². The molecular formula is C18H20BrN3O. The third kappa shape index (κ3) is 5.21. The minimum absolute atomic E-state index is 0.179. The van der Waals surface area contributed by atoms with Gasteiger partial charge in [-0.25, -0.2) is 5.43 Å². The molecule has 0 saturated heterocycles. The van der Waals surface area contributed by atoms with Crippen molar-refractivity contribution in [2.24, 2.45) is 5.10 Å². The van der Waals surface area contributed by atoms with Crippen molar-refractivity contribution in [2.45, 2.75) is 20.8 Å². The molecule has 1 amide bonds. The van der Waals surface area contributed by atoms with Gasteiger partial charge in [0.2, 0.25) is 0 Å². The van der Waals surface area contributed by atoms with Crippen molar-refractivity contribution in [3.63, 3.8) is 0 Å². The van der Waals surface area contributed by atoms with Gasteiger partial charge in [-0.15, -0.1) is 0 Å². The standard InChI is InChI=1S/C18H20BrN3O/c1-12-4-9-17(13(2)10-12)20-11-18(23)22-21-14(3)15-5-7-16(19)8-6-15/h4-10,20H,11H2,1-3H3,(H,22,23)/b21-14+. The molecule has 0 unspecified atom stereocenters. The van der Waals surface area contributed by atoms with Gasteiger partial charge in [0.1, 0.15) is 0 Å². The first-order valence-corrected chi connectivity index (χ1v) is 8.15. The fourth-order valence-electron chi connectivity index (χ4n) is 2.13. The number of rotatable bonds is 5. The summed E-state index contributed by atoms with van der Waals surface area (Å²) in [6, 6.07) is 13.9. The summed E-state index contributed by atoms with van der Waals surface area (Å²) >= 11 is 3.39. The van der Waals surface area contributed by atoms with E-state index in [2.05, 4.69) is 37.8 Å². The van der Waals surface area contributed by atoms with E-state index in [1.807, 2.05) is 57.2 Å². The first-order chi connectivity index (χ1) is 11.0. The van der Waals surface area contributed by atoms with Crippen LogP contribution in [-0.2, 0) is 4.79 Å². The van der Waals surface area contributed by atoms with Crippen molar-refractivity contribution in [1.82, 2.24) is 5.43 Å². The molecule has 2 aromatic rings. The molecule has 0 aliphatic carbocycles. The van der Waals surface area contributed by atoms with Crippen molar-refractivity contribution in [3.05, 3.63) is 63.6 Å². The van der Waals surface area contributed by atoms with E-state index in [1.54, 1.807) is 0 Å². The minimum Gasteiger partial charge on any atom is -0.376 e. The van der Waals surface area contributed by atoms with Gasteiger partial charge in [-0.05, 0) is 50.1 Å². The smallest absolute Gasteiger partial charge is 0.259 e. The summed E-state index contributed by atoms with van der Waals surface area (Å²) < 4.78 is 1.01. The van der Waals surface area contributed by atoms with Crippen molar-refractivity contribution in [1.29, 1.82) is 0 Å². The highest BCUT2D eigenvalue weighted by atomic mass is 79.9. The number of hydrogen-bond donors (Lipinski definition) is 2. The lowest BCUT2D eigenvalue weighted by molar-refractivity contribution is -0.119. The quantitative estimate of drug-likeness (QED) is 0.614. The van der Waals surface area contributed by atoms with Gasteiger partial charge in [-0.1, -0.05) is 45.8 Å². The lowest BCUT2D eigenvalue weighted by Gasteiger charge is -2.09. The SMILES string of the molecule is C/C(=N\NC(=O)CNc1ccc(C)cc1C)c1ccc(Br)cc1. The van der Waals surface area contributed by atoms with E-state index in [9.17, 15) is 4.79 Å². The second kappa shape index (κ2) is 7.92. The Bertz CT molecular complexity index is 724. The Hall–Kier alpha value is -2.14. The van der Waals surface area contributed by atoms with Crippen LogP contribution in [0.25, 0.3) is 0 Å². The van der Waals surface area contributed by atoms with Crippen LogP contribution in [0.4, 0.5) is 5.69 Å². The van der Waals surface area contributed by atoms with E-state index in [1.165, 1.54) is 5.56 Å². The largest absolute Gasteiger partial charge is 0.376 e. The Morgan fingerprint density at radius 1 is 1.13 bits per heavy atom. The maximum Gasteiger partial charge on any atom is 0.259 e. The predicted molar refractivity (Wildman–Crippen MR) is 98.9 cm³/mol. The molecule has 120 valence electrons. The average molecular weight is 374 g/mol. The van der Waals surface area contributed by atoms with E-state index in [0.29, 0.717) is 0 Å². The van der Waals surface area contributed by atoms with Crippen molar-refractivity contribution < 1.29 is 4.79 Å². The number of nitrogens with one attached hydrogen (secondary N) is 2. The van der Waals surface area contributed by atoms with Crippen LogP contribution in [0, 0.1) is 13.8 Å². The number of benzene rings is 2. The zero-order valence-electron chi connectivity index (χ0n) is 13.5. The molecular weight excluding hydrogens is 354 g/mol. The Labute approximate surface area is 145 Å². The Morgan fingerprint density at radius 2 is 1.83 bits per heavy atom. The van der Waals surface area contributed by atoms with Gasteiger partial charge >= 0.3 is 0 Å². The van der Waals surface area contributed by atoms with Crippen molar-refractivity contribution in [2.75, 3.05) is 11.9 Å². The van der Waals surface area contributed by atoms with Crippen LogP contribution in [0.1, 0.15) is 23.6 Å². The predicted octanol–water partition coefficient (Wildman–Crippen LogP) is 4.02. The second-order valence-corrected chi connectivity index (χ2v) is 6.33. The Kier molecular flexibility index (Phi) is 5.93. The molecule has 2 aromatic carbocycles. The molecule has 2 N–H and O–H groups in total. The van der Waals surface area contributed by atoms with Crippen LogP contribution in [0.5, 0.6) is 0 Å². The van der Waals surface area contributed by atoms with Crippen LogP contribution in [-0.4, -0.2) is 18.2 Å². The maximum absolute atomic E-state index is 11.9. The van der Waals surface area contributed by atoms with Gasteiger partial charge in [0.25, 0.3) is 5.91 Å². The third-order valence-electron chi connectivity index (χ3n) is 3.43. The molecule has 4 nitrogen and oxygen atoms in total. The summed E-state index contributed by atoms with van der Waals surface area (Å²) in [6.45, 7) is 6.11. The van der Waals surface area contributed by atoms with E-state index < -0.39 is 0 Å². The molecule has 0 spiro atoms. The molecule has 0 aromatic heterocycles. The summed E-state index contributed by atoms with van der Waals surface area (Å²) in [5.74, 6) is -0.179. The summed E-state index contributed by atoms with van der Waals surface area (Å²) in [6.07, 6.45) is 0. The molecule has 0 aliphatic rings. The van der Waals surface area contributed by atoms with E-state index in [-0.39, 0.29) is 12.5 Å². The van der Waals surface area contributed by atoms with Gasteiger partial charge in [0.05, 0.1) is 12.3 Å². The normalized spacial score (nSPS) is 11.2. The van der Waals surface area contributed by atoms with Crippen LogP contribution >= 0.6 is 15.9 Å². The summed E-state index contributed by atoms with van der Waals surface area (Å²) in [4.78, 5) is 11.9. The summed E-state index contributed by atoms with van der Waals surface area (Å²) in [7, 11) is 0. The second-order valence-electron chi connectivity index (χ2n) is 5.41. The number of anilines is 1. The molecule has 0 fully saturated rings. The molecule has 0 atom stereocenters. The zero-order chi connectivity index (χ0) is 16.8. The number of hydrazone groups is 1. The van der Waals surface area contributed by atoms with E-state index in [0.717, 1.165) is 27.0 Å². The number of aryl methyl sites for hydroxylation is 2. The number of hydrogen-bond acceptors (Lipinski definition) is 3. The highest BCUT2D eigenvalue weighted by Crippen LogP contribution is 2.15. The minimum atomic E-state index is -0.179. The summed E-state index contributed by atoms with van der Waals surface area (Å²) in [5.41, 5.74) is 7.58. The summed E-state index contributed by atoms with van der Waals surface area (Å²) in [5, 5.41) is 7.26. The monoisotopic (exact) mass is 373 g/mol. The Morgan fingerprint density at radius 3 is 2.48 bits per heavy atom. The van der Waals surface area contributed by atoms with Crippen LogP contribution in [0.2, 0.25) is 0 Å². The molecule has 0 saturated carbocycles. The first kappa shape index (κ1) is 17.2. The van der Waals surface area contributed by atoms with Gasteiger partial charge in [-0.2, -0.15) is 5.10 Å². The number of carbonyl (C=O) groups excluding carboxylic acids is 1. The average Bonchev–Trinajstić information content (AvgIpc) is 2.52. The van der Waals surface area contributed by atoms with Gasteiger partial charge in [0, 0.05) is 10.2 Å². The molecule has 23 heavy (non-hydrogen) atoms.